The molecule has 1 saturated heterocycles. The molecular weight excluding hydrogens is 376 g/mol. The van der Waals surface area contributed by atoms with Gasteiger partial charge in [0.15, 0.2) is 0 Å². The Morgan fingerprint density at radius 2 is 1.50 bits per heavy atom. The molecule has 2 aliphatic carbocycles. The van der Waals surface area contributed by atoms with Crippen LogP contribution in [0.15, 0.2) is 30.3 Å². The summed E-state index contributed by atoms with van der Waals surface area (Å²) in [5.74, 6) is -0.503. The fourth-order valence-electron chi connectivity index (χ4n) is 5.77. The van der Waals surface area contributed by atoms with Crippen molar-refractivity contribution in [3.05, 3.63) is 30.3 Å². The summed E-state index contributed by atoms with van der Waals surface area (Å²) in [5.41, 5.74) is 0.394. The number of rotatable bonds is 4. The Balaban J connectivity index is 1.67. The van der Waals surface area contributed by atoms with Crippen LogP contribution in [0.25, 0.3) is 0 Å². The van der Waals surface area contributed by atoms with E-state index in [9.17, 15) is 14.4 Å². The van der Waals surface area contributed by atoms with Crippen LogP contribution in [-0.2, 0) is 14.4 Å². The molecule has 3 amide bonds. The SMILES string of the molecule is CC1(C)C(C(=O)N(C2CCCCCC2)C2CC(=O)N(c3ccccc3)C2=O)C1(C)C. The van der Waals surface area contributed by atoms with Gasteiger partial charge in [-0.25, -0.2) is 4.90 Å². The van der Waals surface area contributed by atoms with Crippen molar-refractivity contribution >= 4 is 23.4 Å². The number of carbonyl (C=O) groups excluding carboxylic acids is 3. The van der Waals surface area contributed by atoms with E-state index in [1.54, 1.807) is 12.1 Å². The Morgan fingerprint density at radius 3 is 2.03 bits per heavy atom. The maximum absolute atomic E-state index is 13.9. The molecule has 1 aromatic carbocycles. The van der Waals surface area contributed by atoms with Gasteiger partial charge in [0.2, 0.25) is 11.8 Å². The fourth-order valence-corrected chi connectivity index (χ4v) is 5.77. The number of nitrogens with zero attached hydrogens (tertiary/aromatic N) is 2. The smallest absolute Gasteiger partial charge is 0.257 e. The highest BCUT2D eigenvalue weighted by Gasteiger charge is 2.69. The van der Waals surface area contributed by atoms with Crippen molar-refractivity contribution in [1.82, 2.24) is 4.90 Å². The molecule has 0 N–H and O–H groups in total. The van der Waals surface area contributed by atoms with E-state index in [0.717, 1.165) is 25.7 Å². The van der Waals surface area contributed by atoms with E-state index in [1.807, 2.05) is 23.1 Å². The number of para-hydroxylation sites is 1. The summed E-state index contributed by atoms with van der Waals surface area (Å²) in [6.07, 6.45) is 6.42. The molecule has 4 rings (SSSR count). The molecule has 1 heterocycles. The van der Waals surface area contributed by atoms with E-state index in [2.05, 4.69) is 27.7 Å². The Morgan fingerprint density at radius 1 is 0.933 bits per heavy atom. The van der Waals surface area contributed by atoms with Crippen LogP contribution in [0.4, 0.5) is 5.69 Å². The van der Waals surface area contributed by atoms with Crippen molar-refractivity contribution in [2.75, 3.05) is 4.90 Å². The second-order valence-corrected chi connectivity index (χ2v) is 10.4. The molecule has 1 aliphatic heterocycles. The lowest BCUT2D eigenvalue weighted by Crippen LogP contribution is -2.52. The average Bonchev–Trinajstić information content (AvgIpc) is 3.12. The van der Waals surface area contributed by atoms with Crippen LogP contribution in [0.1, 0.15) is 72.6 Å². The summed E-state index contributed by atoms with van der Waals surface area (Å²) < 4.78 is 0. The summed E-state index contributed by atoms with van der Waals surface area (Å²) in [6.45, 7) is 8.55. The molecule has 0 bridgehead atoms. The zero-order chi connectivity index (χ0) is 21.7. The van der Waals surface area contributed by atoms with Gasteiger partial charge >= 0.3 is 0 Å². The molecule has 1 atom stereocenters. The van der Waals surface area contributed by atoms with Crippen LogP contribution in [-0.4, -0.2) is 34.7 Å². The van der Waals surface area contributed by atoms with Gasteiger partial charge in [-0.05, 0) is 35.8 Å². The zero-order valence-corrected chi connectivity index (χ0v) is 18.7. The second kappa shape index (κ2) is 7.51. The topological polar surface area (TPSA) is 57.7 Å². The van der Waals surface area contributed by atoms with Gasteiger partial charge in [0.05, 0.1) is 12.1 Å². The Bertz CT molecular complexity index is 823. The summed E-state index contributed by atoms with van der Waals surface area (Å²) >= 11 is 0. The standard InChI is InChI=1S/C25H34N2O3/c1-24(2)21(25(24,3)4)23(30)26(17-12-8-5-6-9-13-17)19-16-20(28)27(22(19)29)18-14-10-7-11-15-18/h7,10-11,14-15,17,19,21H,5-6,8-9,12-13,16H2,1-4H3. The van der Waals surface area contributed by atoms with Crippen LogP contribution in [0.5, 0.6) is 0 Å². The van der Waals surface area contributed by atoms with E-state index in [0.29, 0.717) is 5.69 Å². The number of carbonyl (C=O) groups is 3. The first-order chi connectivity index (χ1) is 14.2. The highest BCUT2D eigenvalue weighted by molar-refractivity contribution is 6.23. The number of benzene rings is 1. The lowest BCUT2D eigenvalue weighted by Gasteiger charge is -2.36. The predicted molar refractivity (Wildman–Crippen MR) is 117 cm³/mol. The van der Waals surface area contributed by atoms with Gasteiger partial charge in [-0.2, -0.15) is 0 Å². The third-order valence-electron chi connectivity index (χ3n) is 8.21. The molecule has 30 heavy (non-hydrogen) atoms. The van der Waals surface area contributed by atoms with Gasteiger partial charge in [-0.3, -0.25) is 14.4 Å². The molecule has 0 aromatic heterocycles. The molecule has 5 nitrogen and oxygen atoms in total. The fraction of sp³-hybridized carbons (Fsp3) is 0.640. The monoisotopic (exact) mass is 410 g/mol. The van der Waals surface area contributed by atoms with Crippen molar-refractivity contribution in [3.8, 4) is 0 Å². The Hall–Kier alpha value is -2.17. The number of hydrogen-bond donors (Lipinski definition) is 0. The minimum atomic E-state index is -0.680. The third-order valence-corrected chi connectivity index (χ3v) is 8.21. The molecule has 162 valence electrons. The normalized spacial score (nSPS) is 26.5. The van der Waals surface area contributed by atoms with Gasteiger partial charge in [0, 0.05) is 12.0 Å². The number of imide groups is 1. The minimum absolute atomic E-state index is 0.0460. The maximum Gasteiger partial charge on any atom is 0.257 e. The van der Waals surface area contributed by atoms with Gasteiger partial charge in [-0.1, -0.05) is 71.6 Å². The Labute approximate surface area is 179 Å². The first-order valence-electron chi connectivity index (χ1n) is 11.4. The number of anilines is 1. The van der Waals surface area contributed by atoms with E-state index in [-0.39, 0.29) is 46.9 Å². The molecule has 0 spiro atoms. The quantitative estimate of drug-likeness (QED) is 0.540. The van der Waals surface area contributed by atoms with Crippen LogP contribution in [0.3, 0.4) is 0 Å². The average molecular weight is 411 g/mol. The lowest BCUT2D eigenvalue weighted by atomic mass is 10.0. The number of hydrogen-bond acceptors (Lipinski definition) is 3. The third kappa shape index (κ3) is 3.27. The van der Waals surface area contributed by atoms with Crippen molar-refractivity contribution < 1.29 is 14.4 Å². The van der Waals surface area contributed by atoms with E-state index in [4.69, 9.17) is 0 Å². The molecule has 0 radical (unpaired) electrons. The molecule has 2 saturated carbocycles. The summed E-state index contributed by atoms with van der Waals surface area (Å²) in [5, 5.41) is 0. The minimum Gasteiger partial charge on any atom is -0.327 e. The van der Waals surface area contributed by atoms with Gasteiger partial charge in [0.1, 0.15) is 6.04 Å². The maximum atomic E-state index is 13.9. The number of amides is 3. The largest absolute Gasteiger partial charge is 0.327 e. The summed E-state index contributed by atoms with van der Waals surface area (Å²) in [4.78, 5) is 43.4. The van der Waals surface area contributed by atoms with Gasteiger partial charge in [0.25, 0.3) is 5.91 Å². The van der Waals surface area contributed by atoms with Crippen LogP contribution < -0.4 is 4.90 Å². The predicted octanol–water partition coefficient (Wildman–Crippen LogP) is 4.55. The second-order valence-electron chi connectivity index (χ2n) is 10.4. The Kier molecular flexibility index (Phi) is 5.27. The first-order valence-corrected chi connectivity index (χ1v) is 11.4. The highest BCUT2D eigenvalue weighted by Crippen LogP contribution is 2.69. The van der Waals surface area contributed by atoms with E-state index in [1.165, 1.54) is 17.7 Å². The first kappa shape index (κ1) is 21.1. The zero-order valence-electron chi connectivity index (χ0n) is 18.7. The van der Waals surface area contributed by atoms with Crippen LogP contribution in [0, 0.1) is 16.7 Å². The van der Waals surface area contributed by atoms with Crippen molar-refractivity contribution in [2.45, 2.75) is 84.7 Å². The van der Waals surface area contributed by atoms with Crippen molar-refractivity contribution in [2.24, 2.45) is 16.7 Å². The van der Waals surface area contributed by atoms with Crippen LogP contribution in [0.2, 0.25) is 0 Å². The van der Waals surface area contributed by atoms with Crippen molar-refractivity contribution in [1.29, 1.82) is 0 Å². The molecule has 3 aliphatic rings. The van der Waals surface area contributed by atoms with Gasteiger partial charge < -0.3 is 4.90 Å². The van der Waals surface area contributed by atoms with Crippen LogP contribution >= 0.6 is 0 Å². The van der Waals surface area contributed by atoms with E-state index >= 15 is 0 Å². The van der Waals surface area contributed by atoms with Gasteiger partial charge in [-0.15, -0.1) is 0 Å². The lowest BCUT2D eigenvalue weighted by molar-refractivity contribution is -0.143. The molecule has 1 unspecified atom stereocenters. The summed E-state index contributed by atoms with van der Waals surface area (Å²) in [6, 6.07) is 8.45. The molecule has 5 heteroatoms. The molecular formula is C25H34N2O3. The van der Waals surface area contributed by atoms with Crippen molar-refractivity contribution in [3.63, 3.8) is 0 Å². The van der Waals surface area contributed by atoms with E-state index < -0.39 is 6.04 Å². The summed E-state index contributed by atoms with van der Waals surface area (Å²) in [7, 11) is 0. The molecule has 3 fully saturated rings. The highest BCUT2D eigenvalue weighted by atomic mass is 16.2. The molecule has 1 aromatic rings.